The molecule has 35 heavy (non-hydrogen) atoms. The third-order valence-corrected chi connectivity index (χ3v) is 6.47. The van der Waals surface area contributed by atoms with Gasteiger partial charge in [0.1, 0.15) is 11.3 Å². The maximum absolute atomic E-state index is 12.9. The quantitative estimate of drug-likeness (QED) is 0.277. The van der Waals surface area contributed by atoms with Crippen LogP contribution in [0, 0.1) is 27.7 Å². The molecule has 0 atom stereocenters. The molecular formula is C30H30ClNO3. The highest BCUT2D eigenvalue weighted by molar-refractivity contribution is 6.31. The van der Waals surface area contributed by atoms with Crippen molar-refractivity contribution in [2.75, 3.05) is 11.9 Å². The summed E-state index contributed by atoms with van der Waals surface area (Å²) in [5, 5.41) is 4.51. The Morgan fingerprint density at radius 1 is 1.03 bits per heavy atom. The normalized spacial score (nSPS) is 11.7. The lowest BCUT2D eigenvalue weighted by atomic mass is 9.94. The molecule has 0 saturated heterocycles. The molecule has 1 heterocycles. The van der Waals surface area contributed by atoms with Crippen LogP contribution in [0.1, 0.15) is 41.7 Å². The Hall–Kier alpha value is -3.50. The first-order valence-corrected chi connectivity index (χ1v) is 12.1. The molecular weight excluding hydrogens is 458 g/mol. The number of anilines is 1. The van der Waals surface area contributed by atoms with E-state index >= 15 is 0 Å². The molecule has 4 rings (SSSR count). The second-order valence-electron chi connectivity index (χ2n) is 8.93. The van der Waals surface area contributed by atoms with Gasteiger partial charge in [0.05, 0.1) is 12.9 Å². The third kappa shape index (κ3) is 4.98. The summed E-state index contributed by atoms with van der Waals surface area (Å²) >= 11 is 6.11. The molecule has 5 heteroatoms. The van der Waals surface area contributed by atoms with Crippen molar-refractivity contribution in [1.29, 1.82) is 0 Å². The van der Waals surface area contributed by atoms with Gasteiger partial charge in [-0.05, 0) is 82.0 Å². The standard InChI is InChI=1S/C30H30ClNO3/c1-7-34-29-21(6)30-25(26(16-35-30)23-11-8-17(2)12-19(23)4)15-24(29)20(5)13-28(33)32-27-14-22(31)10-9-18(27)3/h8-16H,7H2,1-6H3,(H,32,33)/b20-13+. The van der Waals surface area contributed by atoms with Crippen molar-refractivity contribution < 1.29 is 13.9 Å². The van der Waals surface area contributed by atoms with E-state index in [1.54, 1.807) is 18.2 Å². The minimum atomic E-state index is -0.227. The number of rotatable bonds is 6. The molecule has 0 fully saturated rings. The number of carbonyl (C=O) groups is 1. The number of amides is 1. The molecule has 4 nitrogen and oxygen atoms in total. The molecule has 1 aromatic heterocycles. The van der Waals surface area contributed by atoms with Crippen molar-refractivity contribution in [2.45, 2.75) is 41.5 Å². The van der Waals surface area contributed by atoms with Gasteiger partial charge in [0, 0.05) is 38.9 Å². The van der Waals surface area contributed by atoms with Gasteiger partial charge in [0.2, 0.25) is 5.91 Å². The zero-order chi connectivity index (χ0) is 25.3. The lowest BCUT2D eigenvalue weighted by molar-refractivity contribution is -0.111. The summed E-state index contributed by atoms with van der Waals surface area (Å²) in [6.07, 6.45) is 3.41. The lowest BCUT2D eigenvalue weighted by Crippen LogP contribution is -2.10. The zero-order valence-electron chi connectivity index (χ0n) is 21.0. The van der Waals surface area contributed by atoms with Gasteiger partial charge in [-0.25, -0.2) is 0 Å². The smallest absolute Gasteiger partial charge is 0.248 e. The first-order valence-electron chi connectivity index (χ1n) is 11.7. The highest BCUT2D eigenvalue weighted by Gasteiger charge is 2.20. The van der Waals surface area contributed by atoms with Crippen LogP contribution >= 0.6 is 11.6 Å². The van der Waals surface area contributed by atoms with E-state index in [0.717, 1.165) is 50.1 Å². The molecule has 0 aliphatic carbocycles. The number of ether oxygens (including phenoxy) is 1. The first kappa shape index (κ1) is 24.6. The number of allylic oxidation sites excluding steroid dienone is 1. The fourth-order valence-electron chi connectivity index (χ4n) is 4.44. The SMILES string of the molecule is CCOc1c(/C(C)=C/C(=O)Nc2cc(Cl)ccc2C)cc2c(-c3ccc(C)cc3C)coc2c1C. The highest BCUT2D eigenvalue weighted by atomic mass is 35.5. The van der Waals surface area contributed by atoms with Crippen LogP contribution in [0.3, 0.4) is 0 Å². The Morgan fingerprint density at radius 2 is 1.80 bits per heavy atom. The number of aryl methyl sites for hydroxylation is 4. The largest absolute Gasteiger partial charge is 0.493 e. The van der Waals surface area contributed by atoms with E-state index in [-0.39, 0.29) is 5.91 Å². The van der Waals surface area contributed by atoms with E-state index < -0.39 is 0 Å². The number of carbonyl (C=O) groups excluding carboxylic acids is 1. The van der Waals surface area contributed by atoms with Crippen molar-refractivity contribution in [3.05, 3.63) is 87.6 Å². The zero-order valence-corrected chi connectivity index (χ0v) is 21.8. The molecule has 0 aliphatic rings. The average Bonchev–Trinajstić information content (AvgIpc) is 3.22. The summed E-state index contributed by atoms with van der Waals surface area (Å²) in [5.74, 6) is 0.497. The van der Waals surface area contributed by atoms with E-state index in [0.29, 0.717) is 17.3 Å². The molecule has 180 valence electrons. The minimum Gasteiger partial charge on any atom is -0.493 e. The minimum absolute atomic E-state index is 0.227. The number of nitrogens with one attached hydrogen (secondary N) is 1. The van der Waals surface area contributed by atoms with Crippen molar-refractivity contribution in [2.24, 2.45) is 0 Å². The third-order valence-electron chi connectivity index (χ3n) is 6.23. The fourth-order valence-corrected chi connectivity index (χ4v) is 4.61. The number of fused-ring (bicyclic) bond motifs is 1. The summed E-state index contributed by atoms with van der Waals surface area (Å²) in [7, 11) is 0. The first-order chi connectivity index (χ1) is 16.7. The van der Waals surface area contributed by atoms with E-state index in [1.807, 2.05) is 40.0 Å². The number of halogens is 1. The van der Waals surface area contributed by atoms with Crippen LogP contribution < -0.4 is 10.1 Å². The molecule has 0 bridgehead atoms. The van der Waals surface area contributed by atoms with Gasteiger partial charge in [-0.2, -0.15) is 0 Å². The van der Waals surface area contributed by atoms with Gasteiger partial charge in [-0.15, -0.1) is 0 Å². The van der Waals surface area contributed by atoms with E-state index in [1.165, 1.54) is 11.1 Å². The predicted octanol–water partition coefficient (Wildman–Crippen LogP) is 8.43. The predicted molar refractivity (Wildman–Crippen MR) is 145 cm³/mol. The molecule has 0 radical (unpaired) electrons. The topological polar surface area (TPSA) is 51.5 Å². The van der Waals surface area contributed by atoms with Gasteiger partial charge in [0.15, 0.2) is 0 Å². The summed E-state index contributed by atoms with van der Waals surface area (Å²) in [6.45, 7) is 12.5. The van der Waals surface area contributed by atoms with Gasteiger partial charge in [-0.1, -0.05) is 41.4 Å². The van der Waals surface area contributed by atoms with E-state index in [4.69, 9.17) is 20.8 Å². The highest BCUT2D eigenvalue weighted by Crippen LogP contribution is 2.41. The van der Waals surface area contributed by atoms with E-state index in [9.17, 15) is 4.79 Å². The second kappa shape index (κ2) is 10.0. The Balaban J connectivity index is 1.81. The molecule has 1 amide bonds. The summed E-state index contributed by atoms with van der Waals surface area (Å²) in [4.78, 5) is 12.9. The Labute approximate surface area is 211 Å². The Kier molecular flexibility index (Phi) is 7.04. The monoisotopic (exact) mass is 487 g/mol. The van der Waals surface area contributed by atoms with Crippen LogP contribution in [0.4, 0.5) is 5.69 Å². The van der Waals surface area contributed by atoms with E-state index in [2.05, 4.69) is 43.4 Å². The number of hydrogen-bond acceptors (Lipinski definition) is 3. The molecule has 0 saturated carbocycles. The average molecular weight is 488 g/mol. The van der Waals surface area contributed by atoms with Crippen LogP contribution in [-0.4, -0.2) is 12.5 Å². The Bertz CT molecular complexity index is 1460. The van der Waals surface area contributed by atoms with Crippen LogP contribution in [0.25, 0.3) is 27.7 Å². The van der Waals surface area contributed by atoms with Gasteiger partial charge >= 0.3 is 0 Å². The lowest BCUT2D eigenvalue weighted by Gasteiger charge is -2.15. The summed E-state index contributed by atoms with van der Waals surface area (Å²) in [5.41, 5.74) is 9.54. The molecule has 4 aromatic rings. The molecule has 0 aliphatic heterocycles. The van der Waals surface area contributed by atoms with Crippen molar-refractivity contribution >= 4 is 39.7 Å². The van der Waals surface area contributed by atoms with Crippen molar-refractivity contribution in [3.8, 4) is 16.9 Å². The fraction of sp³-hybridized carbons (Fsp3) is 0.233. The molecule has 1 N–H and O–H groups in total. The van der Waals surface area contributed by atoms with Crippen molar-refractivity contribution in [3.63, 3.8) is 0 Å². The maximum atomic E-state index is 12.9. The summed E-state index contributed by atoms with van der Waals surface area (Å²) < 4.78 is 12.1. The molecule has 3 aromatic carbocycles. The van der Waals surface area contributed by atoms with Crippen LogP contribution in [0.5, 0.6) is 5.75 Å². The van der Waals surface area contributed by atoms with Gasteiger partial charge in [0.25, 0.3) is 0 Å². The van der Waals surface area contributed by atoms with Gasteiger partial charge in [-0.3, -0.25) is 4.79 Å². The van der Waals surface area contributed by atoms with Crippen LogP contribution in [0.2, 0.25) is 5.02 Å². The second-order valence-corrected chi connectivity index (χ2v) is 9.37. The van der Waals surface area contributed by atoms with Crippen molar-refractivity contribution in [1.82, 2.24) is 0 Å². The number of hydrogen-bond donors (Lipinski definition) is 1. The number of furan rings is 1. The Morgan fingerprint density at radius 3 is 2.51 bits per heavy atom. The van der Waals surface area contributed by atoms with Crippen LogP contribution in [0.15, 0.2) is 59.2 Å². The number of benzene rings is 3. The maximum Gasteiger partial charge on any atom is 0.248 e. The van der Waals surface area contributed by atoms with Gasteiger partial charge < -0.3 is 14.5 Å². The molecule has 0 unspecified atom stereocenters. The van der Waals surface area contributed by atoms with Crippen LogP contribution in [-0.2, 0) is 4.79 Å². The summed E-state index contributed by atoms with van der Waals surface area (Å²) in [6, 6.07) is 13.9. The molecule has 0 spiro atoms.